The van der Waals surface area contributed by atoms with Crippen LogP contribution in [0.5, 0.6) is 0 Å². The molecule has 1 unspecified atom stereocenters. The summed E-state index contributed by atoms with van der Waals surface area (Å²) in [5.74, 6) is -1.04. The van der Waals surface area contributed by atoms with Gasteiger partial charge < -0.3 is 0 Å². The fraction of sp³-hybridized carbons (Fsp3) is 0.200. The van der Waals surface area contributed by atoms with Gasteiger partial charge in [-0.1, -0.05) is 45.7 Å². The van der Waals surface area contributed by atoms with Crippen LogP contribution in [0, 0.1) is 11.6 Å². The van der Waals surface area contributed by atoms with Crippen molar-refractivity contribution in [1.29, 1.82) is 0 Å². The van der Waals surface area contributed by atoms with E-state index in [9.17, 15) is 8.78 Å². The molecule has 100 valence electrons. The Hall–Kier alpha value is -0.930. The van der Waals surface area contributed by atoms with Gasteiger partial charge in [-0.05, 0) is 42.2 Å². The number of alkyl halides is 1. The van der Waals surface area contributed by atoms with E-state index in [1.807, 2.05) is 18.2 Å². The van der Waals surface area contributed by atoms with Crippen molar-refractivity contribution in [3.8, 4) is 0 Å². The van der Waals surface area contributed by atoms with Crippen LogP contribution in [0.3, 0.4) is 0 Å². The van der Waals surface area contributed by atoms with Crippen LogP contribution in [-0.2, 0) is 6.42 Å². The summed E-state index contributed by atoms with van der Waals surface area (Å²) in [6.07, 6.45) is 0.296. The van der Waals surface area contributed by atoms with Crippen molar-refractivity contribution in [3.05, 3.63) is 70.2 Å². The first-order valence-electron chi connectivity index (χ1n) is 5.86. The number of halogens is 4. The van der Waals surface area contributed by atoms with Gasteiger partial charge >= 0.3 is 0 Å². The van der Waals surface area contributed by atoms with Gasteiger partial charge in [0.1, 0.15) is 11.6 Å². The molecule has 19 heavy (non-hydrogen) atoms. The third kappa shape index (κ3) is 3.54. The molecule has 0 N–H and O–H groups in total. The number of benzene rings is 2. The van der Waals surface area contributed by atoms with E-state index < -0.39 is 11.6 Å². The molecule has 0 aromatic heterocycles. The van der Waals surface area contributed by atoms with E-state index in [2.05, 4.69) is 15.9 Å². The highest BCUT2D eigenvalue weighted by molar-refractivity contribution is 9.09. The van der Waals surface area contributed by atoms with Gasteiger partial charge in [0.15, 0.2) is 0 Å². The molecule has 0 amide bonds. The lowest BCUT2D eigenvalue weighted by molar-refractivity contribution is 0.545. The monoisotopic (exact) mass is 344 g/mol. The molecular formula is C15H12BrClF2. The molecule has 0 aliphatic rings. The maximum Gasteiger partial charge on any atom is 0.129 e. The van der Waals surface area contributed by atoms with Gasteiger partial charge in [0.2, 0.25) is 0 Å². The minimum atomic E-state index is -0.507. The van der Waals surface area contributed by atoms with E-state index >= 15 is 0 Å². The molecule has 0 aliphatic carbocycles. The van der Waals surface area contributed by atoms with E-state index in [0.29, 0.717) is 16.8 Å². The Bertz CT molecular complexity index is 552. The summed E-state index contributed by atoms with van der Waals surface area (Å²) in [7, 11) is 0. The maximum atomic E-state index is 13.7. The molecule has 0 fully saturated rings. The molecule has 0 saturated heterocycles. The number of rotatable bonds is 4. The van der Waals surface area contributed by atoms with Crippen LogP contribution >= 0.6 is 27.5 Å². The Balaban J connectivity index is 2.29. The predicted molar refractivity (Wildman–Crippen MR) is 78.0 cm³/mol. The van der Waals surface area contributed by atoms with Crippen LogP contribution in [0.1, 0.15) is 17.0 Å². The van der Waals surface area contributed by atoms with E-state index in [4.69, 9.17) is 11.6 Å². The minimum absolute atomic E-state index is 0.0231. The lowest BCUT2D eigenvalue weighted by atomic mass is 9.93. The summed E-state index contributed by atoms with van der Waals surface area (Å²) in [5.41, 5.74) is 1.08. The van der Waals surface area contributed by atoms with Crippen molar-refractivity contribution in [1.82, 2.24) is 0 Å². The standard InChI is InChI=1S/C15H12BrClF2/c16-9-11(10-3-1-4-12(17)7-10)8-13-14(18)5-2-6-15(13)19/h1-7,11H,8-9H2. The van der Waals surface area contributed by atoms with E-state index in [1.54, 1.807) is 6.07 Å². The molecule has 0 aliphatic heterocycles. The summed E-state index contributed by atoms with van der Waals surface area (Å²) in [4.78, 5) is 0. The van der Waals surface area contributed by atoms with Gasteiger partial charge in [-0.2, -0.15) is 0 Å². The van der Waals surface area contributed by atoms with Crippen molar-refractivity contribution in [2.75, 3.05) is 5.33 Å². The summed E-state index contributed by atoms with van der Waals surface area (Å²) in [6, 6.07) is 11.3. The Labute approximate surface area is 124 Å². The molecule has 0 bridgehead atoms. The van der Waals surface area contributed by atoms with Crippen molar-refractivity contribution < 1.29 is 8.78 Å². The first-order chi connectivity index (χ1) is 9.11. The highest BCUT2D eigenvalue weighted by Crippen LogP contribution is 2.27. The molecule has 0 saturated carbocycles. The Morgan fingerprint density at radius 2 is 1.68 bits per heavy atom. The lowest BCUT2D eigenvalue weighted by Crippen LogP contribution is -2.07. The molecule has 0 nitrogen and oxygen atoms in total. The molecule has 0 radical (unpaired) electrons. The average molecular weight is 346 g/mol. The van der Waals surface area contributed by atoms with Crippen LogP contribution in [-0.4, -0.2) is 5.33 Å². The Kier molecular flexibility index (Phi) is 4.94. The summed E-state index contributed by atoms with van der Waals surface area (Å²) in [5, 5.41) is 1.23. The van der Waals surface area contributed by atoms with E-state index in [-0.39, 0.29) is 11.5 Å². The number of hydrogen-bond donors (Lipinski definition) is 0. The second-order valence-electron chi connectivity index (χ2n) is 4.31. The predicted octanol–water partition coefficient (Wildman–Crippen LogP) is 5.34. The fourth-order valence-corrected chi connectivity index (χ4v) is 2.80. The molecule has 4 heteroatoms. The largest absolute Gasteiger partial charge is 0.207 e. The Morgan fingerprint density at radius 3 is 2.26 bits per heavy atom. The third-order valence-corrected chi connectivity index (χ3v) is 4.04. The molecule has 1 atom stereocenters. The maximum absolute atomic E-state index is 13.7. The molecule has 2 aromatic carbocycles. The topological polar surface area (TPSA) is 0 Å². The molecule has 2 aromatic rings. The molecule has 0 spiro atoms. The van der Waals surface area contributed by atoms with Gasteiger partial charge in [0, 0.05) is 15.9 Å². The zero-order valence-electron chi connectivity index (χ0n) is 10.0. The van der Waals surface area contributed by atoms with Gasteiger partial charge in [-0.3, -0.25) is 0 Å². The summed E-state index contributed by atoms with van der Waals surface area (Å²) < 4.78 is 27.3. The minimum Gasteiger partial charge on any atom is -0.207 e. The fourth-order valence-electron chi connectivity index (χ4n) is 2.00. The van der Waals surface area contributed by atoms with Crippen LogP contribution in [0.4, 0.5) is 8.78 Å². The SMILES string of the molecule is Fc1cccc(F)c1CC(CBr)c1cccc(Cl)c1. The smallest absolute Gasteiger partial charge is 0.129 e. The first-order valence-corrected chi connectivity index (χ1v) is 7.36. The van der Waals surface area contributed by atoms with Crippen LogP contribution in [0.15, 0.2) is 42.5 Å². The van der Waals surface area contributed by atoms with Gasteiger partial charge in [0.05, 0.1) is 0 Å². The second-order valence-corrected chi connectivity index (χ2v) is 5.39. The van der Waals surface area contributed by atoms with Crippen molar-refractivity contribution >= 4 is 27.5 Å². The van der Waals surface area contributed by atoms with Gasteiger partial charge in [0.25, 0.3) is 0 Å². The third-order valence-electron chi connectivity index (χ3n) is 3.02. The highest BCUT2D eigenvalue weighted by atomic mass is 79.9. The normalized spacial score (nSPS) is 12.4. The summed E-state index contributed by atoms with van der Waals surface area (Å²) >= 11 is 9.34. The Morgan fingerprint density at radius 1 is 1.05 bits per heavy atom. The van der Waals surface area contributed by atoms with Crippen LogP contribution in [0.2, 0.25) is 5.02 Å². The van der Waals surface area contributed by atoms with Gasteiger partial charge in [-0.15, -0.1) is 0 Å². The van der Waals surface area contributed by atoms with E-state index in [1.165, 1.54) is 18.2 Å². The van der Waals surface area contributed by atoms with Gasteiger partial charge in [-0.25, -0.2) is 8.78 Å². The quantitative estimate of drug-likeness (QED) is 0.656. The zero-order valence-corrected chi connectivity index (χ0v) is 12.4. The molecule has 0 heterocycles. The molecule has 2 rings (SSSR count). The van der Waals surface area contributed by atoms with Crippen molar-refractivity contribution in [3.63, 3.8) is 0 Å². The van der Waals surface area contributed by atoms with Crippen LogP contribution < -0.4 is 0 Å². The summed E-state index contributed by atoms with van der Waals surface area (Å²) in [6.45, 7) is 0. The van der Waals surface area contributed by atoms with E-state index in [0.717, 1.165) is 5.56 Å². The first kappa shape index (κ1) is 14.5. The van der Waals surface area contributed by atoms with Crippen LogP contribution in [0.25, 0.3) is 0 Å². The number of hydrogen-bond acceptors (Lipinski definition) is 0. The lowest BCUT2D eigenvalue weighted by Gasteiger charge is -2.16. The average Bonchev–Trinajstić information content (AvgIpc) is 2.38. The van der Waals surface area contributed by atoms with Crippen molar-refractivity contribution in [2.24, 2.45) is 0 Å². The second kappa shape index (κ2) is 6.49. The molecular weight excluding hydrogens is 334 g/mol. The van der Waals surface area contributed by atoms with Crippen molar-refractivity contribution in [2.45, 2.75) is 12.3 Å². The zero-order chi connectivity index (χ0) is 13.8. The highest BCUT2D eigenvalue weighted by Gasteiger charge is 2.16.